The van der Waals surface area contributed by atoms with E-state index in [1.807, 2.05) is 6.92 Å². The van der Waals surface area contributed by atoms with Crippen LogP contribution in [0.3, 0.4) is 0 Å². The van der Waals surface area contributed by atoms with E-state index in [1.54, 1.807) is 0 Å². The molecular formula is C5H10O2S2. The van der Waals surface area contributed by atoms with E-state index in [-0.39, 0.29) is 6.42 Å². The van der Waals surface area contributed by atoms with Crippen LogP contribution in [-0.2, 0) is 4.79 Å². The first-order chi connectivity index (χ1) is 3.98. The maximum Gasteiger partial charge on any atom is 0.305 e. The molecule has 0 aliphatic carbocycles. The van der Waals surface area contributed by atoms with Crippen LogP contribution < -0.4 is 0 Å². The third-order valence-electron chi connectivity index (χ3n) is 1.00. The highest BCUT2D eigenvalue weighted by Gasteiger charge is 2.20. The molecule has 0 fully saturated rings. The fourth-order valence-electron chi connectivity index (χ4n) is 0.367. The standard InChI is InChI=1S/C5H10O2S2/c1-2-5(8,9)3-4(6)7/h8-9H,2-3H2,1H3,(H,6,7). The van der Waals surface area contributed by atoms with Crippen LogP contribution in [0.4, 0.5) is 0 Å². The van der Waals surface area contributed by atoms with Crippen LogP contribution in [0.1, 0.15) is 19.8 Å². The Morgan fingerprint density at radius 2 is 2.11 bits per heavy atom. The van der Waals surface area contributed by atoms with Crippen molar-refractivity contribution >= 4 is 31.2 Å². The van der Waals surface area contributed by atoms with Gasteiger partial charge in [0, 0.05) is 0 Å². The van der Waals surface area contributed by atoms with Crippen LogP contribution in [0.5, 0.6) is 0 Å². The molecule has 4 heteroatoms. The van der Waals surface area contributed by atoms with E-state index in [9.17, 15) is 4.79 Å². The van der Waals surface area contributed by atoms with Crippen molar-refractivity contribution in [1.82, 2.24) is 0 Å². The summed E-state index contributed by atoms with van der Waals surface area (Å²) >= 11 is 8.02. The average Bonchev–Trinajstić information content (AvgIpc) is 1.63. The Hall–Kier alpha value is 0.170. The van der Waals surface area contributed by atoms with Crippen LogP contribution in [0.25, 0.3) is 0 Å². The van der Waals surface area contributed by atoms with Gasteiger partial charge < -0.3 is 5.11 Å². The molecular weight excluding hydrogens is 156 g/mol. The second-order valence-corrected chi connectivity index (χ2v) is 3.97. The van der Waals surface area contributed by atoms with Crippen LogP contribution >= 0.6 is 25.3 Å². The molecule has 0 aromatic heterocycles. The zero-order chi connectivity index (χ0) is 7.49. The highest BCUT2D eigenvalue weighted by atomic mass is 32.2. The van der Waals surface area contributed by atoms with Crippen LogP contribution in [0.15, 0.2) is 0 Å². The number of hydrogen-bond donors (Lipinski definition) is 3. The van der Waals surface area contributed by atoms with Crippen LogP contribution in [0.2, 0.25) is 0 Å². The number of carboxylic acid groups (broad SMARTS) is 1. The highest BCUT2D eigenvalue weighted by molar-refractivity contribution is 8.00. The van der Waals surface area contributed by atoms with Crippen molar-refractivity contribution in [3.05, 3.63) is 0 Å². The summed E-state index contributed by atoms with van der Waals surface area (Å²) in [7, 11) is 0. The van der Waals surface area contributed by atoms with E-state index in [4.69, 9.17) is 5.11 Å². The van der Waals surface area contributed by atoms with Crippen LogP contribution in [-0.4, -0.2) is 15.2 Å². The van der Waals surface area contributed by atoms with Gasteiger partial charge in [-0.3, -0.25) is 4.79 Å². The monoisotopic (exact) mass is 166 g/mol. The maximum absolute atomic E-state index is 10.1. The lowest BCUT2D eigenvalue weighted by Crippen LogP contribution is -2.16. The third-order valence-corrected chi connectivity index (χ3v) is 1.95. The van der Waals surface area contributed by atoms with E-state index < -0.39 is 10.0 Å². The quantitative estimate of drug-likeness (QED) is 0.438. The number of rotatable bonds is 3. The fourth-order valence-corrected chi connectivity index (χ4v) is 0.638. The molecule has 1 N–H and O–H groups in total. The minimum atomic E-state index is -0.859. The largest absolute Gasteiger partial charge is 0.481 e. The molecule has 9 heavy (non-hydrogen) atoms. The molecule has 0 radical (unpaired) electrons. The van der Waals surface area contributed by atoms with Crippen molar-refractivity contribution in [2.75, 3.05) is 0 Å². The zero-order valence-electron chi connectivity index (χ0n) is 5.16. The molecule has 0 bridgehead atoms. The second kappa shape index (κ2) is 3.37. The molecule has 0 aliphatic rings. The van der Waals surface area contributed by atoms with E-state index >= 15 is 0 Å². The minimum absolute atomic E-state index is 0.00424. The molecule has 0 atom stereocenters. The summed E-state index contributed by atoms with van der Waals surface area (Å²) in [6.45, 7) is 1.85. The van der Waals surface area contributed by atoms with Crippen molar-refractivity contribution < 1.29 is 9.90 Å². The maximum atomic E-state index is 10.1. The molecule has 0 saturated carbocycles. The number of carboxylic acids is 1. The van der Waals surface area contributed by atoms with Gasteiger partial charge in [-0.15, -0.1) is 0 Å². The molecule has 2 nitrogen and oxygen atoms in total. The van der Waals surface area contributed by atoms with Gasteiger partial charge in [0.05, 0.1) is 10.5 Å². The lowest BCUT2D eigenvalue weighted by molar-refractivity contribution is -0.137. The zero-order valence-corrected chi connectivity index (χ0v) is 6.95. The molecule has 0 amide bonds. The first-order valence-electron chi connectivity index (χ1n) is 2.64. The van der Waals surface area contributed by atoms with Gasteiger partial charge in [-0.1, -0.05) is 6.92 Å². The molecule has 0 saturated heterocycles. The van der Waals surface area contributed by atoms with Gasteiger partial charge in [0.15, 0.2) is 0 Å². The summed E-state index contributed by atoms with van der Waals surface area (Å²) < 4.78 is -0.647. The summed E-state index contributed by atoms with van der Waals surface area (Å²) in [6.07, 6.45) is 0.640. The van der Waals surface area contributed by atoms with E-state index in [0.29, 0.717) is 6.42 Å². The molecule has 0 aromatic carbocycles. The number of aliphatic carboxylic acids is 1. The topological polar surface area (TPSA) is 37.3 Å². The molecule has 0 heterocycles. The van der Waals surface area contributed by atoms with Crippen LogP contribution in [0, 0.1) is 0 Å². The Bertz CT molecular complexity index is 112. The van der Waals surface area contributed by atoms with Gasteiger partial charge in [-0.2, -0.15) is 25.3 Å². The predicted octanol–water partition coefficient (Wildman–Crippen LogP) is 1.43. The van der Waals surface area contributed by atoms with Gasteiger partial charge in [0.2, 0.25) is 0 Å². The lowest BCUT2D eigenvalue weighted by atomic mass is 10.2. The Morgan fingerprint density at radius 1 is 1.67 bits per heavy atom. The van der Waals surface area contributed by atoms with Gasteiger partial charge >= 0.3 is 5.97 Å². The highest BCUT2D eigenvalue weighted by Crippen LogP contribution is 2.27. The van der Waals surface area contributed by atoms with Gasteiger partial charge in [0.25, 0.3) is 0 Å². The first-order valence-corrected chi connectivity index (χ1v) is 3.54. The molecule has 0 unspecified atom stereocenters. The van der Waals surface area contributed by atoms with Gasteiger partial charge in [-0.25, -0.2) is 0 Å². The van der Waals surface area contributed by atoms with E-state index in [2.05, 4.69) is 25.3 Å². The minimum Gasteiger partial charge on any atom is -0.481 e. The summed E-state index contributed by atoms with van der Waals surface area (Å²) in [4.78, 5) is 10.1. The summed E-state index contributed by atoms with van der Waals surface area (Å²) in [5.41, 5.74) is 0. The fraction of sp³-hybridized carbons (Fsp3) is 0.800. The van der Waals surface area contributed by atoms with Crippen molar-refractivity contribution in [2.45, 2.75) is 23.8 Å². The Balaban J connectivity index is 3.71. The van der Waals surface area contributed by atoms with Gasteiger partial charge in [0.1, 0.15) is 0 Å². The van der Waals surface area contributed by atoms with Crippen molar-refractivity contribution in [3.63, 3.8) is 0 Å². The van der Waals surface area contributed by atoms with E-state index in [0.717, 1.165) is 0 Å². The number of hydrogen-bond acceptors (Lipinski definition) is 3. The smallest absolute Gasteiger partial charge is 0.305 e. The number of carbonyl (C=O) groups is 1. The van der Waals surface area contributed by atoms with Crippen molar-refractivity contribution in [1.29, 1.82) is 0 Å². The predicted molar refractivity (Wildman–Crippen MR) is 43.2 cm³/mol. The Kier molecular flexibility index (Phi) is 3.43. The van der Waals surface area contributed by atoms with Crippen molar-refractivity contribution in [2.24, 2.45) is 0 Å². The molecule has 0 rings (SSSR count). The van der Waals surface area contributed by atoms with E-state index in [1.165, 1.54) is 0 Å². The SMILES string of the molecule is CCC(S)(S)CC(=O)O. The average molecular weight is 166 g/mol. The number of thiol groups is 2. The Labute approximate surface area is 65.5 Å². The summed E-state index contributed by atoms with van der Waals surface area (Å²) in [5.74, 6) is -0.859. The molecule has 54 valence electrons. The Morgan fingerprint density at radius 3 is 2.22 bits per heavy atom. The molecule has 0 aromatic rings. The normalized spacial score (nSPS) is 11.4. The first kappa shape index (κ1) is 9.17. The van der Waals surface area contributed by atoms with Crippen molar-refractivity contribution in [3.8, 4) is 0 Å². The summed E-state index contributed by atoms with van der Waals surface area (Å²) in [6, 6.07) is 0. The third kappa shape index (κ3) is 4.66. The lowest BCUT2D eigenvalue weighted by Gasteiger charge is -2.16. The molecule has 0 aliphatic heterocycles. The molecule has 0 spiro atoms. The second-order valence-electron chi connectivity index (χ2n) is 1.91. The summed E-state index contributed by atoms with van der Waals surface area (Å²) in [5, 5.41) is 8.28. The van der Waals surface area contributed by atoms with Gasteiger partial charge in [-0.05, 0) is 6.42 Å².